The Morgan fingerprint density at radius 1 is 0.450 bits per heavy atom. The molecule has 0 bridgehead atoms. The van der Waals surface area contributed by atoms with Gasteiger partial charge in [0.2, 0.25) is 0 Å². The van der Waals surface area contributed by atoms with Crippen LogP contribution in [0.5, 0.6) is 0 Å². The summed E-state index contributed by atoms with van der Waals surface area (Å²) in [6, 6.07) is 31.5. The van der Waals surface area contributed by atoms with Gasteiger partial charge in [0.15, 0.2) is 0 Å². The molecule has 1 aromatic heterocycles. The molecule has 4 rings (SSSR count). The van der Waals surface area contributed by atoms with Gasteiger partial charge in [-0.1, -0.05) is 156 Å². The molecule has 0 N–H and O–H groups in total. The van der Waals surface area contributed by atoms with E-state index in [2.05, 4.69) is 110 Å². The summed E-state index contributed by atoms with van der Waals surface area (Å²) in [5.74, 6) is 0. The van der Waals surface area contributed by atoms with E-state index in [4.69, 9.17) is 0 Å². The van der Waals surface area contributed by atoms with E-state index in [0.29, 0.717) is 0 Å². The molecule has 1 nitrogen and oxygen atoms in total. The zero-order valence-corrected chi connectivity index (χ0v) is 25.4. The Morgan fingerprint density at radius 3 is 1.27 bits per heavy atom. The van der Waals surface area contributed by atoms with Crippen molar-refractivity contribution in [2.45, 2.75) is 111 Å². The SMILES string of the molecule is CCCCCCCCc1c(CCCCCCCC)c(-c2ccccc2)n(-c2ccc(C)cc2)c1-c1ccccc1. The molecule has 40 heavy (non-hydrogen) atoms. The average molecular weight is 534 g/mol. The standard InChI is InChI=1S/C39H51N/c1-4-6-8-10-12-20-26-36-37(27-21-13-11-9-7-5-2)39(34-24-18-15-19-25-34)40(35-30-28-32(3)29-31-35)38(36)33-22-16-14-17-23-33/h14-19,22-25,28-31H,4-13,20-21,26-27H2,1-3H3. The third-order valence-corrected chi connectivity index (χ3v) is 8.33. The summed E-state index contributed by atoms with van der Waals surface area (Å²) in [6.45, 7) is 6.79. The van der Waals surface area contributed by atoms with Crippen LogP contribution in [0.15, 0.2) is 84.9 Å². The highest BCUT2D eigenvalue weighted by Crippen LogP contribution is 2.41. The molecule has 0 saturated heterocycles. The van der Waals surface area contributed by atoms with Crippen molar-refractivity contribution in [1.82, 2.24) is 4.57 Å². The topological polar surface area (TPSA) is 4.93 Å². The van der Waals surface area contributed by atoms with E-state index in [1.165, 1.54) is 111 Å². The van der Waals surface area contributed by atoms with Crippen LogP contribution in [0.25, 0.3) is 28.2 Å². The highest BCUT2D eigenvalue weighted by molar-refractivity contribution is 5.80. The van der Waals surface area contributed by atoms with E-state index >= 15 is 0 Å². The molecule has 3 aromatic carbocycles. The van der Waals surface area contributed by atoms with Crippen LogP contribution in [0.2, 0.25) is 0 Å². The van der Waals surface area contributed by atoms with Crippen LogP contribution in [-0.4, -0.2) is 4.57 Å². The molecular formula is C39H51N. The van der Waals surface area contributed by atoms with E-state index in [-0.39, 0.29) is 0 Å². The highest BCUT2D eigenvalue weighted by Gasteiger charge is 2.25. The molecule has 0 aliphatic heterocycles. The quantitative estimate of drug-likeness (QED) is 0.119. The van der Waals surface area contributed by atoms with Crippen molar-refractivity contribution in [3.8, 4) is 28.2 Å². The van der Waals surface area contributed by atoms with Crippen LogP contribution in [0, 0.1) is 6.92 Å². The van der Waals surface area contributed by atoms with Gasteiger partial charge in [-0.3, -0.25) is 0 Å². The van der Waals surface area contributed by atoms with Gasteiger partial charge in [0.25, 0.3) is 0 Å². The predicted molar refractivity (Wildman–Crippen MR) is 176 cm³/mol. The number of benzene rings is 3. The van der Waals surface area contributed by atoms with Gasteiger partial charge in [-0.15, -0.1) is 0 Å². The van der Waals surface area contributed by atoms with E-state index in [9.17, 15) is 0 Å². The second kappa shape index (κ2) is 16.3. The van der Waals surface area contributed by atoms with Gasteiger partial charge in [0.1, 0.15) is 0 Å². The van der Waals surface area contributed by atoms with Crippen LogP contribution >= 0.6 is 0 Å². The summed E-state index contributed by atoms with van der Waals surface area (Å²) in [5.41, 5.74) is 11.2. The summed E-state index contributed by atoms with van der Waals surface area (Å²) in [4.78, 5) is 0. The summed E-state index contributed by atoms with van der Waals surface area (Å²) < 4.78 is 2.60. The molecule has 212 valence electrons. The molecule has 4 aromatic rings. The number of hydrogen-bond donors (Lipinski definition) is 0. The first-order valence-corrected chi connectivity index (χ1v) is 16.2. The van der Waals surface area contributed by atoms with Crippen molar-refractivity contribution in [1.29, 1.82) is 0 Å². The number of rotatable bonds is 17. The van der Waals surface area contributed by atoms with Crippen molar-refractivity contribution < 1.29 is 0 Å². The number of hydrogen-bond acceptors (Lipinski definition) is 0. The van der Waals surface area contributed by atoms with Crippen molar-refractivity contribution in [3.63, 3.8) is 0 Å². The number of aryl methyl sites for hydroxylation is 1. The molecule has 0 unspecified atom stereocenters. The minimum atomic E-state index is 1.15. The molecule has 1 heteroatoms. The molecule has 0 saturated carbocycles. The lowest BCUT2D eigenvalue weighted by atomic mass is 9.93. The van der Waals surface area contributed by atoms with Gasteiger partial charge < -0.3 is 4.57 Å². The van der Waals surface area contributed by atoms with Crippen LogP contribution in [-0.2, 0) is 12.8 Å². The van der Waals surface area contributed by atoms with Gasteiger partial charge >= 0.3 is 0 Å². The lowest BCUT2D eigenvalue weighted by molar-refractivity contribution is 0.600. The minimum absolute atomic E-state index is 1.15. The van der Waals surface area contributed by atoms with Gasteiger partial charge in [-0.05, 0) is 67.0 Å². The Morgan fingerprint density at radius 2 is 0.850 bits per heavy atom. The van der Waals surface area contributed by atoms with E-state index in [1.54, 1.807) is 11.1 Å². The fourth-order valence-corrected chi connectivity index (χ4v) is 6.12. The van der Waals surface area contributed by atoms with Crippen LogP contribution in [0.3, 0.4) is 0 Å². The first kappa shape index (κ1) is 29.9. The molecule has 0 amide bonds. The Kier molecular flexibility index (Phi) is 12.2. The van der Waals surface area contributed by atoms with Crippen molar-refractivity contribution in [3.05, 3.63) is 102 Å². The first-order valence-electron chi connectivity index (χ1n) is 16.2. The van der Waals surface area contributed by atoms with E-state index in [1.807, 2.05) is 0 Å². The van der Waals surface area contributed by atoms with Crippen molar-refractivity contribution >= 4 is 0 Å². The Bertz CT molecular complexity index is 1170. The number of unbranched alkanes of at least 4 members (excludes halogenated alkanes) is 10. The van der Waals surface area contributed by atoms with Gasteiger partial charge in [-0.2, -0.15) is 0 Å². The third-order valence-electron chi connectivity index (χ3n) is 8.33. The largest absolute Gasteiger partial charge is 0.309 e. The van der Waals surface area contributed by atoms with Crippen LogP contribution in [0.1, 0.15) is 108 Å². The Balaban J connectivity index is 1.84. The molecule has 1 heterocycles. The first-order chi connectivity index (χ1) is 19.7. The predicted octanol–water partition coefficient (Wildman–Crippen LogP) is 11.9. The summed E-state index contributed by atoms with van der Waals surface area (Å²) >= 11 is 0. The molecule has 0 aliphatic carbocycles. The Hall–Kier alpha value is -3.06. The monoisotopic (exact) mass is 533 g/mol. The summed E-state index contributed by atoms with van der Waals surface area (Å²) in [5, 5.41) is 0. The molecular weight excluding hydrogens is 482 g/mol. The molecule has 0 radical (unpaired) electrons. The normalized spacial score (nSPS) is 11.3. The third kappa shape index (κ3) is 8.00. The number of nitrogens with zero attached hydrogens (tertiary/aromatic N) is 1. The molecule has 0 aliphatic rings. The molecule has 0 fully saturated rings. The van der Waals surface area contributed by atoms with Crippen molar-refractivity contribution in [2.24, 2.45) is 0 Å². The summed E-state index contributed by atoms with van der Waals surface area (Å²) in [7, 11) is 0. The zero-order chi connectivity index (χ0) is 28.0. The maximum Gasteiger partial charge on any atom is 0.0569 e. The second-order valence-corrected chi connectivity index (χ2v) is 11.6. The Labute approximate surface area is 244 Å². The average Bonchev–Trinajstić information content (AvgIpc) is 3.31. The number of aromatic nitrogens is 1. The van der Waals surface area contributed by atoms with Crippen LogP contribution in [0.4, 0.5) is 0 Å². The fraction of sp³-hybridized carbons (Fsp3) is 0.436. The van der Waals surface area contributed by atoms with Gasteiger partial charge in [0, 0.05) is 5.69 Å². The second-order valence-electron chi connectivity index (χ2n) is 11.6. The maximum absolute atomic E-state index is 2.60. The fourth-order valence-electron chi connectivity index (χ4n) is 6.12. The smallest absolute Gasteiger partial charge is 0.0569 e. The van der Waals surface area contributed by atoms with Crippen molar-refractivity contribution in [2.75, 3.05) is 0 Å². The zero-order valence-electron chi connectivity index (χ0n) is 25.4. The highest BCUT2D eigenvalue weighted by atomic mass is 15.0. The van der Waals surface area contributed by atoms with Gasteiger partial charge in [-0.25, -0.2) is 0 Å². The summed E-state index contributed by atoms with van der Waals surface area (Å²) in [6.07, 6.45) is 18.2. The van der Waals surface area contributed by atoms with E-state index < -0.39 is 0 Å². The lowest BCUT2D eigenvalue weighted by Crippen LogP contribution is -2.01. The minimum Gasteiger partial charge on any atom is -0.309 e. The van der Waals surface area contributed by atoms with Crippen LogP contribution < -0.4 is 0 Å². The van der Waals surface area contributed by atoms with Gasteiger partial charge in [0.05, 0.1) is 11.4 Å². The molecule has 0 atom stereocenters. The lowest BCUT2D eigenvalue weighted by Gasteiger charge is -2.16. The van der Waals surface area contributed by atoms with E-state index in [0.717, 1.165) is 12.8 Å². The maximum atomic E-state index is 2.60. The molecule has 0 spiro atoms.